The normalized spacial score (nSPS) is 26.6. The predicted molar refractivity (Wildman–Crippen MR) is 89.4 cm³/mol. The number of quaternary nitrogens is 1. The monoisotopic (exact) mass is 351 g/mol. The largest absolute Gasteiger partial charge is 0.492 e. The van der Waals surface area contributed by atoms with Gasteiger partial charge in [-0.1, -0.05) is 17.4 Å². The fourth-order valence-electron chi connectivity index (χ4n) is 3.40. The molecule has 3 atom stereocenters. The number of ether oxygens (including phenoxy) is 1. The molecule has 4 rings (SSSR count). The third-order valence-corrected chi connectivity index (χ3v) is 6.24. The third-order valence-electron chi connectivity index (χ3n) is 4.20. The zero-order valence-corrected chi connectivity index (χ0v) is 14.6. The van der Waals surface area contributed by atoms with Crippen LogP contribution >= 0.6 is 22.7 Å². The highest BCUT2D eigenvalue weighted by atomic mass is 32.1. The number of morpholine rings is 1. The Morgan fingerprint density at radius 1 is 1.39 bits per heavy atom. The van der Waals surface area contributed by atoms with E-state index in [1.165, 1.54) is 32.0 Å². The molecule has 8 heteroatoms. The van der Waals surface area contributed by atoms with Gasteiger partial charge in [-0.3, -0.25) is 0 Å². The molecule has 0 amide bonds. The van der Waals surface area contributed by atoms with Crippen LogP contribution in [0.4, 0.5) is 0 Å². The molecule has 0 aliphatic carbocycles. The molecule has 2 N–H and O–H groups in total. The second-order valence-corrected chi connectivity index (χ2v) is 8.00. The van der Waals surface area contributed by atoms with Crippen molar-refractivity contribution >= 4 is 27.6 Å². The van der Waals surface area contributed by atoms with Crippen LogP contribution in [0, 0.1) is 0 Å². The molecule has 0 aromatic carbocycles. The predicted octanol–water partition coefficient (Wildman–Crippen LogP) is 1.34. The summed E-state index contributed by atoms with van der Waals surface area (Å²) in [6, 6.07) is 4.30. The molecule has 0 spiro atoms. The van der Waals surface area contributed by atoms with Crippen LogP contribution in [0.1, 0.15) is 29.6 Å². The van der Waals surface area contributed by atoms with Crippen molar-refractivity contribution in [1.29, 1.82) is 0 Å². The zero-order chi connectivity index (χ0) is 16.0. The first kappa shape index (κ1) is 15.1. The average molecular weight is 351 g/mol. The van der Waals surface area contributed by atoms with Crippen LogP contribution in [0.5, 0.6) is 5.88 Å². The molecule has 1 aliphatic heterocycles. The minimum atomic E-state index is 0.0947. The van der Waals surface area contributed by atoms with Crippen molar-refractivity contribution in [1.82, 2.24) is 14.6 Å². The van der Waals surface area contributed by atoms with Gasteiger partial charge in [0.25, 0.3) is 0 Å². The SMILES string of the molecule is C[C@H]1C[NH+]([C@@H](c2cccs2)c2sc3ncnn3c2O)C[C@H](C)O1. The Morgan fingerprint density at radius 3 is 2.83 bits per heavy atom. The van der Waals surface area contributed by atoms with Gasteiger partial charge in [0.05, 0.1) is 4.88 Å². The number of aromatic nitrogens is 3. The average Bonchev–Trinajstić information content (AvgIpc) is 3.20. The highest BCUT2D eigenvalue weighted by molar-refractivity contribution is 7.17. The topological polar surface area (TPSA) is 64.1 Å². The quantitative estimate of drug-likeness (QED) is 0.747. The Kier molecular flexibility index (Phi) is 3.84. The number of hydrogen-bond donors (Lipinski definition) is 2. The molecule has 122 valence electrons. The Balaban J connectivity index is 1.79. The van der Waals surface area contributed by atoms with Crippen molar-refractivity contribution in [3.05, 3.63) is 33.6 Å². The standard InChI is InChI=1S/C15H18N4O2S2/c1-9-6-18(7-10(2)21-9)12(11-4-3-5-22-11)13-14(20)19-15(23-13)16-8-17-19/h3-5,8-10,12,20H,6-7H2,1-2H3/p+1/t9-,10-,12-/m0/s1. The molecule has 1 saturated heterocycles. The van der Waals surface area contributed by atoms with E-state index in [-0.39, 0.29) is 24.1 Å². The molecule has 0 radical (unpaired) electrons. The highest BCUT2D eigenvalue weighted by Gasteiger charge is 2.37. The Labute approximate surface area is 142 Å². The molecular weight excluding hydrogens is 332 g/mol. The van der Waals surface area contributed by atoms with Crippen LogP contribution < -0.4 is 4.90 Å². The summed E-state index contributed by atoms with van der Waals surface area (Å²) in [5.41, 5.74) is 0. The first-order valence-corrected chi connectivity index (χ1v) is 9.38. The molecule has 0 bridgehead atoms. The molecule has 4 heterocycles. The van der Waals surface area contributed by atoms with Gasteiger partial charge >= 0.3 is 0 Å². The number of nitrogens with zero attached hydrogens (tertiary/aromatic N) is 3. The zero-order valence-electron chi connectivity index (χ0n) is 13.0. The molecule has 6 nitrogen and oxygen atoms in total. The van der Waals surface area contributed by atoms with E-state index in [0.717, 1.165) is 22.9 Å². The summed E-state index contributed by atoms with van der Waals surface area (Å²) in [7, 11) is 0. The summed E-state index contributed by atoms with van der Waals surface area (Å²) >= 11 is 3.24. The lowest BCUT2D eigenvalue weighted by Crippen LogP contribution is -3.15. The van der Waals surface area contributed by atoms with Gasteiger partial charge in [-0.05, 0) is 25.3 Å². The van der Waals surface area contributed by atoms with Crippen molar-refractivity contribution in [3.8, 4) is 5.88 Å². The van der Waals surface area contributed by atoms with Gasteiger partial charge in [0.15, 0.2) is 6.04 Å². The van der Waals surface area contributed by atoms with E-state index in [9.17, 15) is 5.11 Å². The van der Waals surface area contributed by atoms with Crippen LogP contribution in [0.25, 0.3) is 4.96 Å². The summed E-state index contributed by atoms with van der Waals surface area (Å²) < 4.78 is 7.41. The minimum absolute atomic E-state index is 0.0947. The number of hydrogen-bond acceptors (Lipinski definition) is 6. The van der Waals surface area contributed by atoms with Crippen LogP contribution in [0.2, 0.25) is 0 Å². The highest BCUT2D eigenvalue weighted by Crippen LogP contribution is 2.36. The first-order chi connectivity index (χ1) is 11.1. The van der Waals surface area contributed by atoms with E-state index < -0.39 is 0 Å². The van der Waals surface area contributed by atoms with E-state index in [4.69, 9.17) is 4.74 Å². The van der Waals surface area contributed by atoms with Crippen molar-refractivity contribution in [2.75, 3.05) is 13.1 Å². The maximum atomic E-state index is 10.6. The second-order valence-electron chi connectivity index (χ2n) is 6.02. The first-order valence-electron chi connectivity index (χ1n) is 7.68. The van der Waals surface area contributed by atoms with Gasteiger partial charge in [-0.2, -0.15) is 9.61 Å². The van der Waals surface area contributed by atoms with Gasteiger partial charge < -0.3 is 14.7 Å². The summed E-state index contributed by atoms with van der Waals surface area (Å²) in [6.45, 7) is 6.06. The summed E-state index contributed by atoms with van der Waals surface area (Å²) in [6.07, 6.45) is 1.89. The van der Waals surface area contributed by atoms with E-state index in [0.29, 0.717) is 0 Å². The van der Waals surface area contributed by atoms with Gasteiger partial charge in [0.1, 0.15) is 36.5 Å². The number of rotatable bonds is 3. The van der Waals surface area contributed by atoms with Crippen LogP contribution in [-0.2, 0) is 4.74 Å². The Bertz CT molecular complexity index is 788. The van der Waals surface area contributed by atoms with Crippen molar-refractivity contribution in [2.24, 2.45) is 0 Å². The smallest absolute Gasteiger partial charge is 0.235 e. The number of thiazole rings is 1. The van der Waals surface area contributed by atoms with Crippen LogP contribution in [0.3, 0.4) is 0 Å². The number of fused-ring (bicyclic) bond motifs is 1. The van der Waals surface area contributed by atoms with E-state index in [1.807, 2.05) is 0 Å². The van der Waals surface area contributed by atoms with Crippen molar-refractivity contribution < 1.29 is 14.7 Å². The molecule has 0 saturated carbocycles. The summed E-state index contributed by atoms with van der Waals surface area (Å²) in [5.74, 6) is 0.209. The Hall–Kier alpha value is -1.48. The van der Waals surface area contributed by atoms with Gasteiger partial charge in [0, 0.05) is 0 Å². The van der Waals surface area contributed by atoms with Crippen LogP contribution in [-0.4, -0.2) is 45.0 Å². The van der Waals surface area contributed by atoms with E-state index in [1.54, 1.807) is 11.3 Å². The van der Waals surface area contributed by atoms with Gasteiger partial charge in [-0.15, -0.1) is 11.3 Å². The summed E-state index contributed by atoms with van der Waals surface area (Å²) in [4.78, 5) is 8.54. The Morgan fingerprint density at radius 2 is 2.17 bits per heavy atom. The second kappa shape index (κ2) is 5.86. The minimum Gasteiger partial charge on any atom is -0.492 e. The number of thiophene rings is 1. The van der Waals surface area contributed by atoms with E-state index >= 15 is 0 Å². The van der Waals surface area contributed by atoms with Crippen LogP contribution in [0.15, 0.2) is 23.8 Å². The van der Waals surface area contributed by atoms with Gasteiger partial charge in [-0.25, -0.2) is 4.98 Å². The van der Waals surface area contributed by atoms with E-state index in [2.05, 4.69) is 41.4 Å². The summed E-state index contributed by atoms with van der Waals surface area (Å²) in [5, 5.41) is 16.8. The molecule has 0 unspecified atom stereocenters. The molecule has 23 heavy (non-hydrogen) atoms. The molecule has 3 aromatic rings. The fourth-order valence-corrected chi connectivity index (χ4v) is 5.48. The molecular formula is C15H19N4O2S2+. The fraction of sp³-hybridized carbons (Fsp3) is 0.467. The lowest BCUT2D eigenvalue weighted by atomic mass is 10.1. The maximum Gasteiger partial charge on any atom is 0.235 e. The molecule has 3 aromatic heterocycles. The van der Waals surface area contributed by atoms with Gasteiger partial charge in [0.2, 0.25) is 10.8 Å². The lowest BCUT2D eigenvalue weighted by Gasteiger charge is -2.36. The van der Waals surface area contributed by atoms with Crippen molar-refractivity contribution in [3.63, 3.8) is 0 Å². The third kappa shape index (κ3) is 2.65. The lowest BCUT2D eigenvalue weighted by molar-refractivity contribution is -0.939. The van der Waals surface area contributed by atoms with Crippen molar-refractivity contribution in [2.45, 2.75) is 32.1 Å². The number of nitrogens with one attached hydrogen (secondary N) is 1. The molecule has 1 fully saturated rings. The maximum absolute atomic E-state index is 10.6. The molecule has 1 aliphatic rings. The number of aromatic hydroxyl groups is 1.